The van der Waals surface area contributed by atoms with Crippen molar-refractivity contribution in [2.24, 2.45) is 17.8 Å². The second-order valence-corrected chi connectivity index (χ2v) is 5.15. The highest BCUT2D eigenvalue weighted by molar-refractivity contribution is 4.89. The molecule has 0 spiro atoms. The molecule has 76 valence electrons. The number of allylic oxidation sites excluding steroid dienone is 1. The molecular formula is C13H24. The molecule has 0 aromatic rings. The van der Waals surface area contributed by atoms with Crippen LogP contribution in [0.25, 0.3) is 0 Å². The van der Waals surface area contributed by atoms with E-state index >= 15 is 0 Å². The molecule has 0 aromatic carbocycles. The van der Waals surface area contributed by atoms with Crippen LogP contribution in [0.5, 0.6) is 0 Å². The van der Waals surface area contributed by atoms with Gasteiger partial charge in [0.1, 0.15) is 0 Å². The van der Waals surface area contributed by atoms with Crippen molar-refractivity contribution in [2.75, 3.05) is 0 Å². The summed E-state index contributed by atoms with van der Waals surface area (Å²) in [4.78, 5) is 0. The summed E-state index contributed by atoms with van der Waals surface area (Å²) in [7, 11) is 0. The van der Waals surface area contributed by atoms with Crippen molar-refractivity contribution in [2.45, 2.75) is 52.9 Å². The molecule has 1 saturated carbocycles. The number of hydrogen-bond donors (Lipinski definition) is 0. The van der Waals surface area contributed by atoms with Crippen molar-refractivity contribution in [3.8, 4) is 0 Å². The number of rotatable bonds is 3. The normalized spacial score (nSPS) is 34.5. The summed E-state index contributed by atoms with van der Waals surface area (Å²) in [6.07, 6.45) is 6.96. The predicted molar refractivity (Wildman–Crippen MR) is 59.7 cm³/mol. The maximum absolute atomic E-state index is 3.98. The Balaban J connectivity index is 2.33. The van der Waals surface area contributed by atoms with E-state index in [2.05, 4.69) is 27.4 Å². The van der Waals surface area contributed by atoms with Crippen LogP contribution in [-0.4, -0.2) is 0 Å². The lowest BCUT2D eigenvalue weighted by molar-refractivity contribution is 0.193. The Morgan fingerprint density at radius 3 is 2.62 bits per heavy atom. The first-order valence-electron chi connectivity index (χ1n) is 5.74. The molecule has 3 unspecified atom stereocenters. The summed E-state index contributed by atoms with van der Waals surface area (Å²) in [5.41, 5.74) is 1.35. The van der Waals surface area contributed by atoms with E-state index in [1.54, 1.807) is 0 Å². The summed E-state index contributed by atoms with van der Waals surface area (Å²) >= 11 is 0. The first kappa shape index (κ1) is 10.8. The third kappa shape index (κ3) is 3.54. The number of hydrogen-bond acceptors (Lipinski definition) is 0. The predicted octanol–water partition coefficient (Wildman–Crippen LogP) is 4.42. The highest BCUT2D eigenvalue weighted by Gasteiger charge is 2.24. The average Bonchev–Trinajstić information content (AvgIpc) is 2.06. The van der Waals surface area contributed by atoms with Crippen LogP contribution in [-0.2, 0) is 0 Å². The van der Waals surface area contributed by atoms with Crippen LogP contribution < -0.4 is 0 Å². The third-order valence-electron chi connectivity index (χ3n) is 3.57. The molecule has 1 fully saturated rings. The molecule has 0 aliphatic heterocycles. The molecule has 0 amide bonds. The quantitative estimate of drug-likeness (QED) is 0.564. The zero-order valence-corrected chi connectivity index (χ0v) is 9.47. The van der Waals surface area contributed by atoms with E-state index < -0.39 is 0 Å². The van der Waals surface area contributed by atoms with Gasteiger partial charge in [0.25, 0.3) is 0 Å². The van der Waals surface area contributed by atoms with Gasteiger partial charge < -0.3 is 0 Å². The Bertz CT molecular complexity index is 169. The van der Waals surface area contributed by atoms with E-state index in [0.29, 0.717) is 0 Å². The molecule has 1 aliphatic rings. The van der Waals surface area contributed by atoms with Crippen LogP contribution in [0, 0.1) is 17.8 Å². The Morgan fingerprint density at radius 1 is 1.31 bits per heavy atom. The Hall–Kier alpha value is -0.260. The molecule has 3 atom stereocenters. The van der Waals surface area contributed by atoms with Gasteiger partial charge in [0.15, 0.2) is 0 Å². The highest BCUT2D eigenvalue weighted by atomic mass is 14.3. The smallest absolute Gasteiger partial charge is 0.0323 e. The first-order chi connectivity index (χ1) is 6.09. The summed E-state index contributed by atoms with van der Waals surface area (Å²) < 4.78 is 0. The lowest BCUT2D eigenvalue weighted by Gasteiger charge is -2.32. The molecule has 0 radical (unpaired) electrons. The molecule has 0 heterocycles. The van der Waals surface area contributed by atoms with Gasteiger partial charge in [0.05, 0.1) is 0 Å². The molecule has 0 N–H and O–H groups in total. The Labute approximate surface area is 83.4 Å². The molecule has 0 saturated heterocycles. The highest BCUT2D eigenvalue weighted by Crippen LogP contribution is 2.36. The van der Waals surface area contributed by atoms with E-state index in [9.17, 15) is 0 Å². The minimum absolute atomic E-state index is 0.954. The minimum atomic E-state index is 0.954. The largest absolute Gasteiger partial charge is 0.100 e. The molecule has 1 rings (SSSR count). The van der Waals surface area contributed by atoms with Crippen molar-refractivity contribution in [3.63, 3.8) is 0 Å². The summed E-state index contributed by atoms with van der Waals surface area (Å²) in [6, 6.07) is 0. The van der Waals surface area contributed by atoms with Gasteiger partial charge >= 0.3 is 0 Å². The van der Waals surface area contributed by atoms with Crippen LogP contribution in [0.1, 0.15) is 52.9 Å². The van der Waals surface area contributed by atoms with Crippen molar-refractivity contribution in [1.29, 1.82) is 0 Å². The fraction of sp³-hybridized carbons (Fsp3) is 0.846. The average molecular weight is 180 g/mol. The zero-order valence-electron chi connectivity index (χ0n) is 9.47. The minimum Gasteiger partial charge on any atom is -0.100 e. The molecule has 0 nitrogen and oxygen atoms in total. The van der Waals surface area contributed by atoms with Gasteiger partial charge in [-0.05, 0) is 43.9 Å². The lowest BCUT2D eigenvalue weighted by atomic mass is 9.73. The topological polar surface area (TPSA) is 0 Å². The van der Waals surface area contributed by atoms with Crippen LogP contribution in [0.2, 0.25) is 0 Å². The Kier molecular flexibility index (Phi) is 4.02. The maximum atomic E-state index is 3.98. The molecule has 0 bridgehead atoms. The van der Waals surface area contributed by atoms with Gasteiger partial charge in [-0.25, -0.2) is 0 Å². The van der Waals surface area contributed by atoms with Crippen molar-refractivity contribution >= 4 is 0 Å². The van der Waals surface area contributed by atoms with E-state index in [0.717, 1.165) is 17.8 Å². The lowest BCUT2D eigenvalue weighted by Crippen LogP contribution is -2.21. The molecule has 13 heavy (non-hydrogen) atoms. The molecule has 1 aliphatic carbocycles. The fourth-order valence-corrected chi connectivity index (χ4v) is 2.48. The van der Waals surface area contributed by atoms with Crippen LogP contribution in [0.4, 0.5) is 0 Å². The van der Waals surface area contributed by atoms with E-state index in [1.165, 1.54) is 37.7 Å². The Morgan fingerprint density at radius 2 is 2.00 bits per heavy atom. The zero-order chi connectivity index (χ0) is 9.84. The van der Waals surface area contributed by atoms with E-state index in [1.807, 2.05) is 0 Å². The van der Waals surface area contributed by atoms with Crippen LogP contribution in [0.3, 0.4) is 0 Å². The third-order valence-corrected chi connectivity index (χ3v) is 3.57. The van der Waals surface area contributed by atoms with Gasteiger partial charge in [-0.3, -0.25) is 0 Å². The van der Waals surface area contributed by atoms with Gasteiger partial charge in [0, 0.05) is 0 Å². The van der Waals surface area contributed by atoms with Gasteiger partial charge in [0.2, 0.25) is 0 Å². The summed E-state index contributed by atoms with van der Waals surface area (Å²) in [6.45, 7) is 11.0. The van der Waals surface area contributed by atoms with Crippen molar-refractivity contribution in [3.05, 3.63) is 12.2 Å². The van der Waals surface area contributed by atoms with E-state index in [4.69, 9.17) is 0 Å². The summed E-state index contributed by atoms with van der Waals surface area (Å²) in [5.74, 6) is 2.89. The molecule has 0 aromatic heterocycles. The van der Waals surface area contributed by atoms with Crippen molar-refractivity contribution in [1.82, 2.24) is 0 Å². The van der Waals surface area contributed by atoms with Crippen LogP contribution in [0.15, 0.2) is 12.2 Å². The second-order valence-electron chi connectivity index (χ2n) is 5.15. The van der Waals surface area contributed by atoms with Gasteiger partial charge in [-0.1, -0.05) is 32.3 Å². The van der Waals surface area contributed by atoms with Gasteiger partial charge in [-0.2, -0.15) is 0 Å². The first-order valence-corrected chi connectivity index (χ1v) is 5.74. The van der Waals surface area contributed by atoms with Crippen LogP contribution >= 0.6 is 0 Å². The van der Waals surface area contributed by atoms with Gasteiger partial charge in [-0.15, -0.1) is 6.58 Å². The molecular weight excluding hydrogens is 156 g/mol. The maximum Gasteiger partial charge on any atom is -0.0323 e. The second kappa shape index (κ2) is 4.83. The monoisotopic (exact) mass is 180 g/mol. The fourth-order valence-electron chi connectivity index (χ4n) is 2.48. The standard InChI is InChI=1S/C13H24/c1-10(2)5-8-13-9-11(3)6-7-12(13)4/h11-13H,1,5-9H2,2-4H3. The van der Waals surface area contributed by atoms with Crippen molar-refractivity contribution < 1.29 is 0 Å². The molecule has 0 heteroatoms. The SMILES string of the molecule is C=C(C)CCC1CC(C)CCC1C. The van der Waals surface area contributed by atoms with E-state index in [-0.39, 0.29) is 0 Å². The summed E-state index contributed by atoms with van der Waals surface area (Å²) in [5, 5.41) is 0.